The molecule has 0 saturated carbocycles. The van der Waals surface area contributed by atoms with Crippen LogP contribution in [0.5, 0.6) is 5.75 Å². The maximum absolute atomic E-state index is 12.9. The molecule has 3 aromatic carbocycles. The summed E-state index contributed by atoms with van der Waals surface area (Å²) in [5.41, 5.74) is 1.83. The summed E-state index contributed by atoms with van der Waals surface area (Å²) < 4.78 is 5.89. The Bertz CT molecular complexity index is 1300. The third-order valence-corrected chi connectivity index (χ3v) is 5.51. The van der Waals surface area contributed by atoms with E-state index in [0.717, 1.165) is 47.8 Å². The molecule has 0 amide bonds. The van der Waals surface area contributed by atoms with Gasteiger partial charge in [0.25, 0.3) is 5.69 Å². The van der Waals surface area contributed by atoms with Crippen LogP contribution in [0.25, 0.3) is 21.7 Å². The summed E-state index contributed by atoms with van der Waals surface area (Å²) >= 11 is 0. The van der Waals surface area contributed by atoms with E-state index >= 15 is 0 Å². The zero-order valence-corrected chi connectivity index (χ0v) is 15.6. The van der Waals surface area contributed by atoms with E-state index in [4.69, 9.17) is 4.42 Å². The van der Waals surface area contributed by atoms with Crippen molar-refractivity contribution in [2.75, 3.05) is 0 Å². The summed E-state index contributed by atoms with van der Waals surface area (Å²) in [6.07, 6.45) is 5.07. The largest absolute Gasteiger partial charge is 0.867 e. The number of nitrogens with zero attached hydrogens (tertiary/aromatic N) is 2. The molecule has 0 bridgehead atoms. The maximum Gasteiger partial charge on any atom is 0.266 e. The summed E-state index contributed by atoms with van der Waals surface area (Å²) in [4.78, 5) is 15.3. The summed E-state index contributed by atoms with van der Waals surface area (Å²) in [5, 5.41) is 27.0. The van der Waals surface area contributed by atoms with Crippen molar-refractivity contribution in [3.63, 3.8) is 0 Å². The molecule has 1 aliphatic rings. The number of nitro benzene ring substituents is 1. The number of hydrogen-bond acceptors (Lipinski definition) is 5. The first-order valence-corrected chi connectivity index (χ1v) is 9.58. The number of rotatable bonds is 3. The highest BCUT2D eigenvalue weighted by Gasteiger charge is 2.24. The molecular weight excluding hydrogens is 368 g/mol. The molecule has 0 atom stereocenters. The Morgan fingerprint density at radius 2 is 1.86 bits per heavy atom. The van der Waals surface area contributed by atoms with Gasteiger partial charge < -0.3 is 9.52 Å². The van der Waals surface area contributed by atoms with Gasteiger partial charge in [0.1, 0.15) is 11.3 Å². The van der Waals surface area contributed by atoms with Crippen molar-refractivity contribution in [2.45, 2.75) is 25.7 Å². The van der Waals surface area contributed by atoms with Gasteiger partial charge in [-0.25, -0.2) is 0 Å². The molecule has 6 nitrogen and oxygen atoms in total. The second-order valence-electron chi connectivity index (χ2n) is 7.24. The van der Waals surface area contributed by atoms with Crippen molar-refractivity contribution in [1.82, 2.24) is 0 Å². The molecule has 1 aliphatic carbocycles. The van der Waals surface area contributed by atoms with Gasteiger partial charge in [-0.1, -0.05) is 36.4 Å². The van der Waals surface area contributed by atoms with E-state index in [1.165, 1.54) is 12.3 Å². The van der Waals surface area contributed by atoms with E-state index in [2.05, 4.69) is 4.99 Å². The van der Waals surface area contributed by atoms with Gasteiger partial charge in [0.15, 0.2) is 0 Å². The Hall–Kier alpha value is -3.67. The van der Waals surface area contributed by atoms with Crippen LogP contribution in [0, 0.1) is 10.1 Å². The average Bonchev–Trinajstić information content (AvgIpc) is 3.11. The number of nitro groups is 1. The summed E-state index contributed by atoms with van der Waals surface area (Å²) in [6.45, 7) is 0. The lowest BCUT2D eigenvalue weighted by Crippen LogP contribution is -2.04. The number of fused-ring (bicyclic) bond motifs is 4. The standard InChI is InChI=1S/C23H18N2O4/c26-23-17(13-24-18-10-5-7-14-6-1-2-8-15(14)18)22-16-9-3-4-11-20(16)29-21(22)12-19(23)25(27)28/h1-2,5-8,10,12-13,26H,3-4,9,11H2/p-1. The molecule has 4 aromatic rings. The van der Waals surface area contributed by atoms with Gasteiger partial charge in [-0.15, -0.1) is 0 Å². The number of aliphatic imine (C=N–C) groups is 1. The Labute approximate surface area is 166 Å². The third kappa shape index (κ3) is 2.84. The van der Waals surface area contributed by atoms with E-state index in [1.807, 2.05) is 42.5 Å². The van der Waals surface area contributed by atoms with Gasteiger partial charge in [0.05, 0.1) is 16.7 Å². The van der Waals surface area contributed by atoms with Gasteiger partial charge in [-0.3, -0.25) is 15.1 Å². The summed E-state index contributed by atoms with van der Waals surface area (Å²) in [5.74, 6) is 0.201. The topological polar surface area (TPSA) is 91.7 Å². The lowest BCUT2D eigenvalue weighted by atomic mass is 9.93. The minimum atomic E-state index is -0.654. The number of benzene rings is 3. The number of aryl methyl sites for hydroxylation is 2. The van der Waals surface area contributed by atoms with E-state index in [1.54, 1.807) is 0 Å². The van der Waals surface area contributed by atoms with Gasteiger partial charge in [0, 0.05) is 34.5 Å². The minimum absolute atomic E-state index is 0.231. The second-order valence-corrected chi connectivity index (χ2v) is 7.24. The first-order chi connectivity index (χ1) is 14.1. The molecule has 6 heteroatoms. The van der Waals surface area contributed by atoms with Crippen LogP contribution in [-0.2, 0) is 12.8 Å². The molecule has 1 heterocycles. The fourth-order valence-electron chi connectivity index (χ4n) is 4.14. The number of furan rings is 1. The normalized spacial score (nSPS) is 13.9. The van der Waals surface area contributed by atoms with Crippen molar-refractivity contribution in [3.05, 3.63) is 75.5 Å². The van der Waals surface area contributed by atoms with Gasteiger partial charge in [-0.05, 0) is 36.5 Å². The van der Waals surface area contributed by atoms with Crippen LogP contribution in [0.1, 0.15) is 29.7 Å². The molecule has 144 valence electrons. The zero-order valence-electron chi connectivity index (χ0n) is 15.6. The van der Waals surface area contributed by atoms with Crippen LogP contribution in [-0.4, -0.2) is 11.1 Å². The first kappa shape index (κ1) is 17.4. The van der Waals surface area contributed by atoms with Crippen molar-refractivity contribution in [2.24, 2.45) is 4.99 Å². The van der Waals surface area contributed by atoms with Crippen LogP contribution in [0.2, 0.25) is 0 Å². The van der Waals surface area contributed by atoms with Crippen LogP contribution < -0.4 is 5.11 Å². The first-order valence-electron chi connectivity index (χ1n) is 9.58. The minimum Gasteiger partial charge on any atom is -0.867 e. The Balaban J connectivity index is 1.74. The fourth-order valence-corrected chi connectivity index (χ4v) is 4.14. The predicted molar refractivity (Wildman–Crippen MR) is 110 cm³/mol. The molecular formula is C23H17N2O4-. The molecule has 0 aliphatic heterocycles. The van der Waals surface area contributed by atoms with Gasteiger partial charge in [-0.2, -0.15) is 0 Å². The summed E-state index contributed by atoms with van der Waals surface area (Å²) in [6, 6.07) is 14.8. The van der Waals surface area contributed by atoms with Crippen molar-refractivity contribution in [1.29, 1.82) is 0 Å². The van der Waals surface area contributed by atoms with Crippen LogP contribution in [0.4, 0.5) is 11.4 Å². The van der Waals surface area contributed by atoms with Gasteiger partial charge >= 0.3 is 0 Å². The number of hydrogen-bond donors (Lipinski definition) is 0. The molecule has 0 saturated heterocycles. The predicted octanol–water partition coefficient (Wildman–Crippen LogP) is 5.20. The molecule has 0 fully saturated rings. The molecule has 0 spiro atoms. The van der Waals surface area contributed by atoms with E-state index in [0.29, 0.717) is 16.7 Å². The highest BCUT2D eigenvalue weighted by Crippen LogP contribution is 2.40. The average molecular weight is 385 g/mol. The molecule has 0 unspecified atom stereocenters. The van der Waals surface area contributed by atoms with Crippen molar-refractivity contribution in [3.8, 4) is 5.75 Å². The molecule has 0 N–H and O–H groups in total. The van der Waals surface area contributed by atoms with Gasteiger partial charge in [0.2, 0.25) is 0 Å². The molecule has 1 aromatic heterocycles. The zero-order chi connectivity index (χ0) is 20.0. The maximum atomic E-state index is 12.9. The molecule has 29 heavy (non-hydrogen) atoms. The fraction of sp³-hybridized carbons (Fsp3) is 0.174. The Morgan fingerprint density at radius 1 is 1.07 bits per heavy atom. The van der Waals surface area contributed by atoms with E-state index < -0.39 is 16.4 Å². The van der Waals surface area contributed by atoms with Crippen LogP contribution >= 0.6 is 0 Å². The molecule has 0 radical (unpaired) electrons. The highest BCUT2D eigenvalue weighted by molar-refractivity contribution is 6.06. The highest BCUT2D eigenvalue weighted by atomic mass is 16.6. The van der Waals surface area contributed by atoms with E-state index in [-0.39, 0.29) is 5.56 Å². The van der Waals surface area contributed by atoms with Crippen molar-refractivity contribution >= 4 is 39.3 Å². The lowest BCUT2D eigenvalue weighted by molar-refractivity contribution is -0.398. The SMILES string of the molecule is O=[N+]([O-])c1cc2oc3c(c2c(C=Nc2cccc4ccccc24)c1[O-])CCCC3. The summed E-state index contributed by atoms with van der Waals surface area (Å²) in [7, 11) is 0. The monoisotopic (exact) mass is 385 g/mol. The quantitative estimate of drug-likeness (QED) is 0.275. The lowest BCUT2D eigenvalue weighted by Gasteiger charge is -2.14. The molecule has 5 rings (SSSR count). The third-order valence-electron chi connectivity index (χ3n) is 5.51. The Morgan fingerprint density at radius 3 is 2.72 bits per heavy atom. The van der Waals surface area contributed by atoms with Crippen LogP contribution in [0.3, 0.4) is 0 Å². The Kier molecular flexibility index (Phi) is 4.05. The van der Waals surface area contributed by atoms with Crippen LogP contribution in [0.15, 0.2) is 57.9 Å². The smallest absolute Gasteiger partial charge is 0.266 e. The van der Waals surface area contributed by atoms with E-state index in [9.17, 15) is 15.2 Å². The second kappa shape index (κ2) is 6.74. The van der Waals surface area contributed by atoms with Crippen molar-refractivity contribution < 1.29 is 14.4 Å².